The van der Waals surface area contributed by atoms with Gasteiger partial charge in [0.05, 0.1) is 0 Å². The van der Waals surface area contributed by atoms with Gasteiger partial charge in [-0.05, 0) is 5.41 Å². The molecular weight excluding hydrogens is 184 g/mol. The Morgan fingerprint density at radius 2 is 1.40 bits per heavy atom. The van der Waals surface area contributed by atoms with Crippen molar-refractivity contribution in [2.45, 2.75) is 34.6 Å². The predicted octanol–water partition coefficient (Wildman–Crippen LogP) is 3.94. The second kappa shape index (κ2) is 3.80. The molecule has 1 aromatic rings. The number of Topliss-reactive ketones (excluding diaryl/α,β-unsaturated/α-hetero) is 1. The molecule has 1 rings (SSSR count). The highest BCUT2D eigenvalue weighted by molar-refractivity contribution is 6.00. The third-order valence-electron chi connectivity index (χ3n) is 3.48. The first-order valence-corrected chi connectivity index (χ1v) is 5.36. The van der Waals surface area contributed by atoms with Crippen molar-refractivity contribution in [2.75, 3.05) is 0 Å². The molecule has 82 valence electrons. The van der Waals surface area contributed by atoms with Crippen LogP contribution in [0, 0.1) is 10.8 Å². The van der Waals surface area contributed by atoms with Crippen LogP contribution in [-0.4, -0.2) is 5.78 Å². The maximum atomic E-state index is 12.3. The van der Waals surface area contributed by atoms with Gasteiger partial charge in [-0.15, -0.1) is 0 Å². The van der Waals surface area contributed by atoms with E-state index in [1.165, 1.54) is 0 Å². The van der Waals surface area contributed by atoms with E-state index in [-0.39, 0.29) is 16.6 Å². The van der Waals surface area contributed by atoms with Crippen LogP contribution in [-0.2, 0) is 0 Å². The summed E-state index contributed by atoms with van der Waals surface area (Å²) in [6.45, 7) is 10.3. The van der Waals surface area contributed by atoms with Gasteiger partial charge in [-0.1, -0.05) is 65.0 Å². The zero-order valence-corrected chi connectivity index (χ0v) is 10.3. The molecule has 1 heteroatoms. The Kier molecular flexibility index (Phi) is 3.03. The highest BCUT2D eigenvalue weighted by atomic mass is 16.1. The van der Waals surface area contributed by atoms with Gasteiger partial charge in [0.15, 0.2) is 5.78 Å². The second-order valence-electron chi connectivity index (χ2n) is 5.57. The Balaban J connectivity index is 3.06. The summed E-state index contributed by atoms with van der Waals surface area (Å²) >= 11 is 0. The Morgan fingerprint density at radius 1 is 0.933 bits per heavy atom. The summed E-state index contributed by atoms with van der Waals surface area (Å²) in [7, 11) is 0. The predicted molar refractivity (Wildman–Crippen MR) is 64.0 cm³/mol. The standard InChI is InChI=1S/C14H20O/c1-13(2,3)14(4,5)12(15)11-9-7-6-8-10-11/h6-10H,1-5H3. The lowest BCUT2D eigenvalue weighted by Gasteiger charge is -2.37. The summed E-state index contributed by atoms with van der Waals surface area (Å²) in [5.74, 6) is 0.218. The summed E-state index contributed by atoms with van der Waals surface area (Å²) in [5, 5.41) is 0. The summed E-state index contributed by atoms with van der Waals surface area (Å²) in [6, 6.07) is 9.52. The summed E-state index contributed by atoms with van der Waals surface area (Å²) < 4.78 is 0. The lowest BCUT2D eigenvalue weighted by atomic mass is 9.65. The second-order valence-corrected chi connectivity index (χ2v) is 5.57. The quantitative estimate of drug-likeness (QED) is 0.667. The van der Waals surface area contributed by atoms with Gasteiger partial charge >= 0.3 is 0 Å². The van der Waals surface area contributed by atoms with Crippen molar-refractivity contribution < 1.29 is 4.79 Å². The molecule has 0 saturated heterocycles. The summed E-state index contributed by atoms with van der Waals surface area (Å²) in [5.41, 5.74) is 0.436. The smallest absolute Gasteiger partial charge is 0.168 e. The maximum Gasteiger partial charge on any atom is 0.168 e. The van der Waals surface area contributed by atoms with Crippen LogP contribution in [0.1, 0.15) is 45.0 Å². The maximum absolute atomic E-state index is 12.3. The van der Waals surface area contributed by atoms with E-state index < -0.39 is 0 Å². The van der Waals surface area contributed by atoms with E-state index >= 15 is 0 Å². The van der Waals surface area contributed by atoms with Crippen molar-refractivity contribution >= 4 is 5.78 Å². The molecule has 15 heavy (non-hydrogen) atoms. The molecule has 0 saturated carbocycles. The van der Waals surface area contributed by atoms with E-state index in [0.717, 1.165) is 5.56 Å². The molecule has 1 aromatic carbocycles. The molecule has 0 spiro atoms. The number of hydrogen-bond acceptors (Lipinski definition) is 1. The van der Waals surface area contributed by atoms with Crippen molar-refractivity contribution in [3.8, 4) is 0 Å². The zero-order valence-electron chi connectivity index (χ0n) is 10.3. The number of carbonyl (C=O) groups is 1. The van der Waals surface area contributed by atoms with Crippen molar-refractivity contribution in [1.29, 1.82) is 0 Å². The highest BCUT2D eigenvalue weighted by Crippen LogP contribution is 2.40. The molecule has 0 atom stereocenters. The number of hydrogen-bond donors (Lipinski definition) is 0. The lowest BCUT2D eigenvalue weighted by Crippen LogP contribution is -2.37. The lowest BCUT2D eigenvalue weighted by molar-refractivity contribution is 0.0625. The van der Waals surface area contributed by atoms with E-state index in [2.05, 4.69) is 20.8 Å². The van der Waals surface area contributed by atoms with Crippen LogP contribution >= 0.6 is 0 Å². The van der Waals surface area contributed by atoms with Crippen LogP contribution in [0.15, 0.2) is 30.3 Å². The number of benzene rings is 1. The summed E-state index contributed by atoms with van der Waals surface area (Å²) in [6.07, 6.45) is 0. The molecule has 0 fully saturated rings. The van der Waals surface area contributed by atoms with Gasteiger partial charge in [0.2, 0.25) is 0 Å². The van der Waals surface area contributed by atoms with E-state index in [1.807, 2.05) is 44.2 Å². The molecule has 0 bridgehead atoms. The molecule has 0 unspecified atom stereocenters. The Bertz CT molecular complexity index is 341. The minimum Gasteiger partial charge on any atom is -0.294 e. The van der Waals surface area contributed by atoms with Crippen molar-refractivity contribution in [1.82, 2.24) is 0 Å². The van der Waals surface area contributed by atoms with E-state index in [1.54, 1.807) is 0 Å². The first-order valence-electron chi connectivity index (χ1n) is 5.36. The van der Waals surface area contributed by atoms with Crippen molar-refractivity contribution in [2.24, 2.45) is 10.8 Å². The third kappa shape index (κ3) is 2.28. The molecule has 0 radical (unpaired) electrons. The van der Waals surface area contributed by atoms with Crippen LogP contribution in [0.5, 0.6) is 0 Å². The van der Waals surface area contributed by atoms with Crippen LogP contribution in [0.25, 0.3) is 0 Å². The number of carbonyl (C=O) groups excluding carboxylic acids is 1. The Labute approximate surface area is 92.5 Å². The fourth-order valence-corrected chi connectivity index (χ4v) is 1.29. The Morgan fingerprint density at radius 3 is 1.80 bits per heavy atom. The molecular formula is C14H20O. The van der Waals surface area contributed by atoms with Gasteiger partial charge in [0.25, 0.3) is 0 Å². The monoisotopic (exact) mass is 204 g/mol. The minimum absolute atomic E-state index is 0.0279. The minimum atomic E-state index is -0.339. The van der Waals surface area contributed by atoms with Gasteiger partial charge in [-0.3, -0.25) is 4.79 Å². The van der Waals surface area contributed by atoms with Crippen molar-refractivity contribution in [3.63, 3.8) is 0 Å². The molecule has 0 aliphatic rings. The van der Waals surface area contributed by atoms with Gasteiger partial charge in [-0.2, -0.15) is 0 Å². The van der Waals surface area contributed by atoms with E-state index in [4.69, 9.17) is 0 Å². The van der Waals surface area contributed by atoms with Gasteiger partial charge in [-0.25, -0.2) is 0 Å². The first kappa shape index (κ1) is 12.0. The molecule has 0 heterocycles. The fraction of sp³-hybridized carbons (Fsp3) is 0.500. The third-order valence-corrected chi connectivity index (χ3v) is 3.48. The SMILES string of the molecule is CC(C)(C)C(C)(C)C(=O)c1ccccc1. The summed E-state index contributed by atoms with van der Waals surface area (Å²) in [4.78, 5) is 12.3. The number of rotatable bonds is 2. The van der Waals surface area contributed by atoms with Crippen LogP contribution in [0.3, 0.4) is 0 Å². The molecule has 1 nitrogen and oxygen atoms in total. The normalized spacial score (nSPS) is 12.6. The molecule has 0 amide bonds. The largest absolute Gasteiger partial charge is 0.294 e. The van der Waals surface area contributed by atoms with Crippen molar-refractivity contribution in [3.05, 3.63) is 35.9 Å². The van der Waals surface area contributed by atoms with Gasteiger partial charge < -0.3 is 0 Å². The van der Waals surface area contributed by atoms with Crippen LogP contribution in [0.4, 0.5) is 0 Å². The fourth-order valence-electron chi connectivity index (χ4n) is 1.29. The van der Waals surface area contributed by atoms with Gasteiger partial charge in [0, 0.05) is 11.0 Å². The van der Waals surface area contributed by atoms with Gasteiger partial charge in [0.1, 0.15) is 0 Å². The van der Waals surface area contributed by atoms with E-state index in [9.17, 15) is 4.79 Å². The average molecular weight is 204 g/mol. The first-order chi connectivity index (χ1) is 6.77. The molecule has 0 aliphatic carbocycles. The topological polar surface area (TPSA) is 17.1 Å². The molecule has 0 aliphatic heterocycles. The number of ketones is 1. The van der Waals surface area contributed by atoms with Crippen LogP contribution < -0.4 is 0 Å². The molecule has 0 N–H and O–H groups in total. The molecule has 0 aromatic heterocycles. The highest BCUT2D eigenvalue weighted by Gasteiger charge is 2.39. The van der Waals surface area contributed by atoms with Crippen LogP contribution in [0.2, 0.25) is 0 Å². The zero-order chi connectivity index (χ0) is 11.7. The average Bonchev–Trinajstić information content (AvgIpc) is 2.16. The van der Waals surface area contributed by atoms with E-state index in [0.29, 0.717) is 0 Å². The Hall–Kier alpha value is -1.11.